The third-order valence-electron chi connectivity index (χ3n) is 6.69. The number of nitrogens with zero attached hydrogens (tertiary/aromatic N) is 3. The van der Waals surface area contributed by atoms with Crippen molar-refractivity contribution in [3.05, 3.63) is 81.8 Å². The van der Waals surface area contributed by atoms with Gasteiger partial charge in [-0.1, -0.05) is 23.7 Å². The summed E-state index contributed by atoms with van der Waals surface area (Å²) in [6.07, 6.45) is 0. The van der Waals surface area contributed by atoms with E-state index in [0.717, 1.165) is 0 Å². The average molecular weight is 529 g/mol. The van der Waals surface area contributed by atoms with Crippen LogP contribution < -0.4 is 5.32 Å². The Hall–Kier alpha value is -3.43. The minimum Gasteiger partial charge on any atom is -0.463 e. The molecule has 0 spiro atoms. The highest BCUT2D eigenvalue weighted by molar-refractivity contribution is 6.30. The quantitative estimate of drug-likeness (QED) is 0.576. The van der Waals surface area contributed by atoms with E-state index in [1.54, 1.807) is 44.3 Å². The molecular weight excluding hydrogens is 499 g/mol. The monoisotopic (exact) mass is 528 g/mol. The van der Waals surface area contributed by atoms with Crippen molar-refractivity contribution in [3.8, 4) is 0 Å². The first-order valence-corrected chi connectivity index (χ1v) is 12.6. The Morgan fingerprint density at radius 1 is 1.16 bits per heavy atom. The molecule has 8 nitrogen and oxygen atoms in total. The van der Waals surface area contributed by atoms with Gasteiger partial charge in [0.2, 0.25) is 0 Å². The highest BCUT2D eigenvalue weighted by Crippen LogP contribution is 2.32. The lowest BCUT2D eigenvalue weighted by molar-refractivity contribution is -0.139. The number of esters is 1. The summed E-state index contributed by atoms with van der Waals surface area (Å²) in [6, 6.07) is 11.3. The summed E-state index contributed by atoms with van der Waals surface area (Å²) in [5.74, 6) is -1.11. The fraction of sp³-hybridized carbons (Fsp3) is 0.370. The van der Waals surface area contributed by atoms with Crippen LogP contribution in [0.3, 0.4) is 0 Å². The van der Waals surface area contributed by atoms with Crippen LogP contribution in [0.2, 0.25) is 5.02 Å². The van der Waals surface area contributed by atoms with Gasteiger partial charge in [0.15, 0.2) is 0 Å². The summed E-state index contributed by atoms with van der Waals surface area (Å²) in [5.41, 5.74) is 1.77. The number of nitrogens with one attached hydrogen (secondary N) is 1. The van der Waals surface area contributed by atoms with Crippen LogP contribution in [0.15, 0.2) is 59.8 Å². The van der Waals surface area contributed by atoms with Crippen molar-refractivity contribution in [1.29, 1.82) is 0 Å². The van der Waals surface area contributed by atoms with Crippen molar-refractivity contribution < 1.29 is 23.5 Å². The number of ether oxygens (including phenoxy) is 1. The van der Waals surface area contributed by atoms with Crippen LogP contribution in [0.25, 0.3) is 0 Å². The molecule has 0 aromatic heterocycles. The molecule has 0 aliphatic carbocycles. The van der Waals surface area contributed by atoms with E-state index in [1.807, 2.05) is 11.8 Å². The van der Waals surface area contributed by atoms with E-state index in [9.17, 15) is 18.8 Å². The topological polar surface area (TPSA) is 82.2 Å². The van der Waals surface area contributed by atoms with Crippen molar-refractivity contribution >= 4 is 29.5 Å². The van der Waals surface area contributed by atoms with Crippen LogP contribution in [0.5, 0.6) is 0 Å². The average Bonchev–Trinajstić information content (AvgIpc) is 2.87. The number of likely N-dealkylation sites (N-methyl/N-ethyl adjacent to an activating group) is 1. The van der Waals surface area contributed by atoms with Gasteiger partial charge in [0.25, 0.3) is 5.91 Å². The lowest BCUT2D eigenvalue weighted by atomic mass is 9.94. The summed E-state index contributed by atoms with van der Waals surface area (Å²) in [5, 5.41) is 3.37. The lowest BCUT2D eigenvalue weighted by Crippen LogP contribution is -2.56. The number of carbonyl (C=O) groups is 3. The third-order valence-corrected chi connectivity index (χ3v) is 6.94. The van der Waals surface area contributed by atoms with Crippen LogP contribution in [-0.2, 0) is 9.53 Å². The maximum absolute atomic E-state index is 14.0. The van der Waals surface area contributed by atoms with Crippen LogP contribution in [0.4, 0.5) is 9.18 Å². The first kappa shape index (κ1) is 26.6. The second-order valence-corrected chi connectivity index (χ2v) is 9.60. The normalized spacial score (nSPS) is 20.6. The molecule has 1 N–H and O–H groups in total. The second kappa shape index (κ2) is 11.3. The van der Waals surface area contributed by atoms with Gasteiger partial charge in [-0.05, 0) is 55.8 Å². The molecule has 10 heteroatoms. The summed E-state index contributed by atoms with van der Waals surface area (Å²) >= 11 is 5.96. The van der Waals surface area contributed by atoms with E-state index >= 15 is 0 Å². The molecule has 3 amide bonds. The van der Waals surface area contributed by atoms with Gasteiger partial charge in [-0.15, -0.1) is 0 Å². The first-order valence-electron chi connectivity index (χ1n) is 12.2. The molecule has 0 saturated carbocycles. The van der Waals surface area contributed by atoms with E-state index < -0.39 is 23.9 Å². The zero-order valence-electron chi connectivity index (χ0n) is 21.0. The second-order valence-electron chi connectivity index (χ2n) is 9.17. The Bertz CT molecular complexity index is 1220. The van der Waals surface area contributed by atoms with Gasteiger partial charge in [0, 0.05) is 55.6 Å². The van der Waals surface area contributed by atoms with E-state index in [1.165, 1.54) is 23.1 Å². The molecule has 37 heavy (non-hydrogen) atoms. The molecular formula is C27H30ClFN4O4. The number of hydrogen-bond acceptors (Lipinski definition) is 5. The zero-order chi connectivity index (χ0) is 26.7. The minimum absolute atomic E-state index is 0.0735. The van der Waals surface area contributed by atoms with E-state index in [-0.39, 0.29) is 30.7 Å². The molecule has 1 saturated heterocycles. The maximum Gasteiger partial charge on any atom is 0.338 e. The number of hydrogen-bond donors (Lipinski definition) is 1. The number of amides is 3. The lowest BCUT2D eigenvalue weighted by Gasteiger charge is -2.42. The molecule has 2 atom stereocenters. The van der Waals surface area contributed by atoms with Crippen molar-refractivity contribution in [2.45, 2.75) is 25.9 Å². The standard InChI is InChI=1S/C27H30ClFN4O4/c1-4-37-26(35)23-22(31(3)27(36)30-24(23)19-6-5-7-21(29)14-19)16-32-12-13-33(17(2)15-32)25(34)18-8-10-20(28)11-9-18/h5-11,14,17,24H,4,12-13,15-16H2,1-3H3,(H,30,36)/t17-,24+/m1/s1. The molecule has 4 rings (SSSR count). The van der Waals surface area contributed by atoms with E-state index in [4.69, 9.17) is 16.3 Å². The molecule has 2 aromatic rings. The molecule has 2 heterocycles. The largest absolute Gasteiger partial charge is 0.463 e. The van der Waals surface area contributed by atoms with E-state index in [2.05, 4.69) is 10.2 Å². The fourth-order valence-electron chi connectivity index (χ4n) is 4.78. The molecule has 0 bridgehead atoms. The summed E-state index contributed by atoms with van der Waals surface area (Å²) in [6.45, 7) is 5.69. The number of halogens is 2. The zero-order valence-corrected chi connectivity index (χ0v) is 21.8. The molecule has 2 aliphatic rings. The van der Waals surface area contributed by atoms with Gasteiger partial charge in [0.1, 0.15) is 5.82 Å². The van der Waals surface area contributed by atoms with Crippen LogP contribution in [0.1, 0.15) is 35.8 Å². The Labute approximate surface area is 220 Å². The van der Waals surface area contributed by atoms with Gasteiger partial charge >= 0.3 is 12.0 Å². The molecule has 2 aliphatic heterocycles. The molecule has 2 aromatic carbocycles. The summed E-state index contributed by atoms with van der Waals surface area (Å²) < 4.78 is 19.4. The Morgan fingerprint density at radius 3 is 2.54 bits per heavy atom. The molecule has 1 fully saturated rings. The maximum atomic E-state index is 14.0. The molecule has 196 valence electrons. The first-order chi connectivity index (χ1) is 17.7. The SMILES string of the molecule is CCOC(=O)C1=C(CN2CCN(C(=O)c3ccc(Cl)cc3)[C@H](C)C2)N(C)C(=O)N[C@H]1c1cccc(F)c1. The Balaban J connectivity index is 1.59. The summed E-state index contributed by atoms with van der Waals surface area (Å²) in [7, 11) is 1.59. The molecule has 0 radical (unpaired) electrons. The minimum atomic E-state index is -0.848. The predicted octanol–water partition coefficient (Wildman–Crippen LogP) is 3.84. The number of urea groups is 1. The van der Waals surface area contributed by atoms with Crippen molar-refractivity contribution in [2.24, 2.45) is 0 Å². The highest BCUT2D eigenvalue weighted by Gasteiger charge is 2.38. The Kier molecular flexibility index (Phi) is 8.14. The van der Waals surface area contributed by atoms with Gasteiger partial charge in [0.05, 0.1) is 18.2 Å². The fourth-order valence-corrected chi connectivity index (χ4v) is 4.91. The predicted molar refractivity (Wildman–Crippen MR) is 137 cm³/mol. The van der Waals surface area contributed by atoms with Gasteiger partial charge in [-0.25, -0.2) is 14.0 Å². The highest BCUT2D eigenvalue weighted by atomic mass is 35.5. The molecule has 0 unspecified atom stereocenters. The Morgan fingerprint density at radius 2 is 1.89 bits per heavy atom. The number of piperazine rings is 1. The smallest absolute Gasteiger partial charge is 0.338 e. The van der Waals surface area contributed by atoms with Crippen LogP contribution in [-0.4, -0.2) is 78.5 Å². The van der Waals surface area contributed by atoms with Crippen molar-refractivity contribution in [3.63, 3.8) is 0 Å². The van der Waals surface area contributed by atoms with Crippen LogP contribution in [0, 0.1) is 5.82 Å². The summed E-state index contributed by atoms with van der Waals surface area (Å²) in [4.78, 5) is 44.4. The van der Waals surface area contributed by atoms with Crippen LogP contribution >= 0.6 is 11.6 Å². The van der Waals surface area contributed by atoms with Gasteiger partial charge in [-0.3, -0.25) is 14.6 Å². The van der Waals surface area contributed by atoms with Gasteiger partial charge < -0.3 is 15.0 Å². The number of rotatable bonds is 6. The number of benzene rings is 2. The third kappa shape index (κ3) is 5.78. The number of carbonyl (C=O) groups excluding carboxylic acids is 3. The van der Waals surface area contributed by atoms with Crippen molar-refractivity contribution in [2.75, 3.05) is 39.8 Å². The van der Waals surface area contributed by atoms with Gasteiger partial charge in [-0.2, -0.15) is 0 Å². The van der Waals surface area contributed by atoms with Crippen molar-refractivity contribution in [1.82, 2.24) is 20.0 Å². The van der Waals surface area contributed by atoms with E-state index in [0.29, 0.717) is 41.5 Å².